The van der Waals surface area contributed by atoms with Crippen molar-refractivity contribution in [3.63, 3.8) is 0 Å². The van der Waals surface area contributed by atoms with Gasteiger partial charge in [0, 0.05) is 17.6 Å². The fourth-order valence-corrected chi connectivity index (χ4v) is 2.78. The van der Waals surface area contributed by atoms with Crippen molar-refractivity contribution in [3.05, 3.63) is 28.7 Å². The van der Waals surface area contributed by atoms with E-state index in [1.54, 1.807) is 0 Å². The first kappa shape index (κ1) is 15.3. The molecule has 0 aromatic heterocycles. The molecule has 0 saturated carbocycles. The minimum atomic E-state index is 0.0775. The average molecular weight is 341 g/mol. The zero-order valence-corrected chi connectivity index (χ0v) is 13.4. The molecule has 1 atom stereocenters. The topological polar surface area (TPSA) is 41.6 Å². The van der Waals surface area contributed by atoms with Gasteiger partial charge in [-0.3, -0.25) is 4.79 Å². The van der Waals surface area contributed by atoms with Crippen LogP contribution < -0.4 is 10.1 Å². The lowest BCUT2D eigenvalue weighted by Crippen LogP contribution is -2.44. The van der Waals surface area contributed by atoms with Gasteiger partial charge < -0.3 is 15.0 Å². The molecule has 0 bridgehead atoms. The summed E-state index contributed by atoms with van der Waals surface area (Å²) < 4.78 is 6.55. The zero-order valence-electron chi connectivity index (χ0n) is 11.8. The van der Waals surface area contributed by atoms with Crippen LogP contribution in [0.15, 0.2) is 28.7 Å². The van der Waals surface area contributed by atoms with Gasteiger partial charge in [-0.2, -0.15) is 0 Å². The van der Waals surface area contributed by atoms with Gasteiger partial charge in [0.15, 0.2) is 6.61 Å². The second kappa shape index (κ2) is 7.64. The molecule has 1 unspecified atom stereocenters. The Labute approximate surface area is 128 Å². The number of halogens is 1. The highest BCUT2D eigenvalue weighted by molar-refractivity contribution is 9.10. The Bertz CT molecular complexity index is 434. The molecule has 0 radical (unpaired) electrons. The lowest BCUT2D eigenvalue weighted by molar-refractivity contribution is -0.135. The predicted molar refractivity (Wildman–Crippen MR) is 82.9 cm³/mol. The van der Waals surface area contributed by atoms with Crippen molar-refractivity contribution in [2.75, 3.05) is 33.3 Å². The first-order valence-corrected chi connectivity index (χ1v) is 7.79. The minimum Gasteiger partial charge on any atom is -0.484 e. The minimum absolute atomic E-state index is 0.0775. The molecule has 1 N–H and O–H groups in total. The Morgan fingerprint density at radius 3 is 2.90 bits per heavy atom. The molecule has 110 valence electrons. The van der Waals surface area contributed by atoms with E-state index in [1.807, 2.05) is 36.2 Å². The van der Waals surface area contributed by atoms with Crippen molar-refractivity contribution in [3.8, 4) is 5.75 Å². The molecule has 1 aromatic carbocycles. The number of carbonyl (C=O) groups excluding carboxylic acids is 1. The summed E-state index contributed by atoms with van der Waals surface area (Å²) in [5.74, 6) is 1.37. The summed E-state index contributed by atoms with van der Waals surface area (Å²) in [6.07, 6.45) is 2.27. The molecule has 1 aromatic rings. The molecule has 1 aliphatic rings. The van der Waals surface area contributed by atoms with Gasteiger partial charge in [0.1, 0.15) is 5.75 Å². The van der Waals surface area contributed by atoms with Crippen LogP contribution in [0, 0.1) is 5.92 Å². The Morgan fingerprint density at radius 1 is 1.45 bits per heavy atom. The SMILES string of the molecule is CNCC1CCCN(C(=O)COc2ccc(Br)cc2)C1. The lowest BCUT2D eigenvalue weighted by atomic mass is 9.98. The summed E-state index contributed by atoms with van der Waals surface area (Å²) in [5.41, 5.74) is 0. The number of carbonyl (C=O) groups is 1. The number of amides is 1. The summed E-state index contributed by atoms with van der Waals surface area (Å²) in [4.78, 5) is 14.1. The van der Waals surface area contributed by atoms with Crippen LogP contribution in [0.4, 0.5) is 0 Å². The van der Waals surface area contributed by atoms with E-state index in [2.05, 4.69) is 21.2 Å². The van der Waals surface area contributed by atoms with Gasteiger partial charge >= 0.3 is 0 Å². The number of likely N-dealkylation sites (tertiary alicyclic amines) is 1. The maximum Gasteiger partial charge on any atom is 0.260 e. The standard InChI is InChI=1S/C15H21BrN2O2/c1-17-9-12-3-2-8-18(10-12)15(19)11-20-14-6-4-13(16)5-7-14/h4-7,12,17H,2-3,8-11H2,1H3. The van der Waals surface area contributed by atoms with Gasteiger partial charge in [0.2, 0.25) is 0 Å². The first-order chi connectivity index (χ1) is 9.69. The summed E-state index contributed by atoms with van der Waals surface area (Å²) in [7, 11) is 1.96. The number of hydrogen-bond donors (Lipinski definition) is 1. The summed E-state index contributed by atoms with van der Waals surface area (Å²) in [6.45, 7) is 2.78. The normalized spacial score (nSPS) is 18.9. The molecule has 1 fully saturated rings. The molecule has 0 spiro atoms. The van der Waals surface area contributed by atoms with Crippen molar-refractivity contribution in [1.82, 2.24) is 10.2 Å². The molecule has 4 nitrogen and oxygen atoms in total. The highest BCUT2D eigenvalue weighted by Crippen LogP contribution is 2.18. The van der Waals surface area contributed by atoms with Gasteiger partial charge in [-0.15, -0.1) is 0 Å². The van der Waals surface area contributed by atoms with E-state index in [9.17, 15) is 4.79 Å². The van der Waals surface area contributed by atoms with Gasteiger partial charge in [-0.25, -0.2) is 0 Å². The summed E-state index contributed by atoms with van der Waals surface area (Å²) in [6, 6.07) is 7.53. The van der Waals surface area contributed by atoms with Crippen molar-refractivity contribution < 1.29 is 9.53 Å². The molecule has 5 heteroatoms. The van der Waals surface area contributed by atoms with E-state index in [0.29, 0.717) is 5.92 Å². The fourth-order valence-electron chi connectivity index (χ4n) is 2.51. The third-order valence-corrected chi connectivity index (χ3v) is 4.07. The number of piperidine rings is 1. The maximum absolute atomic E-state index is 12.2. The number of benzene rings is 1. The van der Waals surface area contributed by atoms with Crippen molar-refractivity contribution >= 4 is 21.8 Å². The van der Waals surface area contributed by atoms with Crippen LogP contribution in [-0.2, 0) is 4.79 Å². The van der Waals surface area contributed by atoms with E-state index in [1.165, 1.54) is 6.42 Å². The number of hydrogen-bond acceptors (Lipinski definition) is 3. The van der Waals surface area contributed by atoms with Crippen LogP contribution >= 0.6 is 15.9 Å². The number of nitrogens with one attached hydrogen (secondary N) is 1. The molecule has 1 amide bonds. The van der Waals surface area contributed by atoms with E-state index in [-0.39, 0.29) is 12.5 Å². The van der Waals surface area contributed by atoms with E-state index in [4.69, 9.17) is 4.74 Å². The first-order valence-electron chi connectivity index (χ1n) is 7.00. The van der Waals surface area contributed by atoms with Crippen LogP contribution in [0.1, 0.15) is 12.8 Å². The molecule has 1 saturated heterocycles. The predicted octanol–water partition coefficient (Wildman–Crippen LogP) is 2.29. The Morgan fingerprint density at radius 2 is 2.20 bits per heavy atom. The van der Waals surface area contributed by atoms with Crippen LogP contribution in [0.5, 0.6) is 5.75 Å². The average Bonchev–Trinajstić information content (AvgIpc) is 2.47. The fraction of sp³-hybridized carbons (Fsp3) is 0.533. The molecule has 20 heavy (non-hydrogen) atoms. The zero-order chi connectivity index (χ0) is 14.4. The second-order valence-corrected chi connectivity index (χ2v) is 6.06. The van der Waals surface area contributed by atoms with Crippen LogP contribution in [0.3, 0.4) is 0 Å². The molecule has 1 aliphatic heterocycles. The number of ether oxygens (including phenoxy) is 1. The smallest absolute Gasteiger partial charge is 0.260 e. The Hall–Kier alpha value is -1.07. The van der Waals surface area contributed by atoms with Crippen LogP contribution in [-0.4, -0.2) is 44.1 Å². The highest BCUT2D eigenvalue weighted by atomic mass is 79.9. The number of nitrogens with zero attached hydrogens (tertiary/aromatic N) is 1. The van der Waals surface area contributed by atoms with Crippen LogP contribution in [0.25, 0.3) is 0 Å². The lowest BCUT2D eigenvalue weighted by Gasteiger charge is -2.32. The van der Waals surface area contributed by atoms with E-state index < -0.39 is 0 Å². The number of rotatable bonds is 5. The Balaban J connectivity index is 1.80. The maximum atomic E-state index is 12.2. The summed E-state index contributed by atoms with van der Waals surface area (Å²) >= 11 is 3.37. The third-order valence-electron chi connectivity index (χ3n) is 3.54. The van der Waals surface area contributed by atoms with Gasteiger partial charge in [0.25, 0.3) is 5.91 Å². The van der Waals surface area contributed by atoms with E-state index >= 15 is 0 Å². The molecule has 0 aliphatic carbocycles. The third kappa shape index (κ3) is 4.49. The van der Waals surface area contributed by atoms with Crippen molar-refractivity contribution in [1.29, 1.82) is 0 Å². The quantitative estimate of drug-likeness (QED) is 0.894. The van der Waals surface area contributed by atoms with Crippen molar-refractivity contribution in [2.24, 2.45) is 5.92 Å². The van der Waals surface area contributed by atoms with E-state index in [0.717, 1.165) is 36.3 Å². The highest BCUT2D eigenvalue weighted by Gasteiger charge is 2.23. The molecular formula is C15H21BrN2O2. The summed E-state index contributed by atoms with van der Waals surface area (Å²) in [5, 5.41) is 3.19. The molecular weight excluding hydrogens is 320 g/mol. The van der Waals surface area contributed by atoms with Crippen molar-refractivity contribution in [2.45, 2.75) is 12.8 Å². The van der Waals surface area contributed by atoms with Gasteiger partial charge in [0.05, 0.1) is 0 Å². The van der Waals surface area contributed by atoms with Gasteiger partial charge in [-0.1, -0.05) is 15.9 Å². The monoisotopic (exact) mass is 340 g/mol. The molecule has 2 rings (SSSR count). The van der Waals surface area contributed by atoms with Crippen LogP contribution in [0.2, 0.25) is 0 Å². The second-order valence-electron chi connectivity index (χ2n) is 5.15. The van der Waals surface area contributed by atoms with Gasteiger partial charge in [-0.05, 0) is 56.6 Å². The largest absolute Gasteiger partial charge is 0.484 e. The Kier molecular flexibility index (Phi) is 5.86. The molecule has 1 heterocycles.